The molecule has 21 heavy (non-hydrogen) atoms. The highest BCUT2D eigenvalue weighted by Crippen LogP contribution is 2.31. The van der Waals surface area contributed by atoms with Gasteiger partial charge in [-0.15, -0.1) is 0 Å². The third-order valence-corrected chi connectivity index (χ3v) is 4.22. The zero-order valence-corrected chi connectivity index (χ0v) is 12.3. The lowest BCUT2D eigenvalue weighted by atomic mass is 10.2. The molecule has 108 valence electrons. The van der Waals surface area contributed by atoms with E-state index in [1.54, 1.807) is 24.4 Å². The molecule has 3 aromatic rings. The molecule has 0 unspecified atom stereocenters. The maximum absolute atomic E-state index is 11.7. The summed E-state index contributed by atoms with van der Waals surface area (Å²) < 4.78 is 28.7. The molecule has 3 rings (SSSR count). The standard InChI is InChI=1S/C14H13N3O3S/c1-20-12-6-5-9(21(2,18)19)8-10(12)13-16-11-4-3-7-15-14(11)17-13/h3-8H,1-2H3,(H,15,16,17). The molecule has 0 radical (unpaired) electrons. The summed E-state index contributed by atoms with van der Waals surface area (Å²) in [6.45, 7) is 0. The smallest absolute Gasteiger partial charge is 0.178 e. The minimum atomic E-state index is -3.30. The number of hydrogen-bond donors (Lipinski definition) is 1. The van der Waals surface area contributed by atoms with Gasteiger partial charge in [-0.05, 0) is 30.3 Å². The molecule has 0 aliphatic carbocycles. The Morgan fingerprint density at radius 1 is 1.24 bits per heavy atom. The van der Waals surface area contributed by atoms with Gasteiger partial charge >= 0.3 is 0 Å². The van der Waals surface area contributed by atoms with Gasteiger partial charge in [0.05, 0.1) is 23.1 Å². The van der Waals surface area contributed by atoms with Crippen LogP contribution in [0.5, 0.6) is 5.75 Å². The molecule has 0 fully saturated rings. The predicted molar refractivity (Wildman–Crippen MR) is 79.0 cm³/mol. The van der Waals surface area contributed by atoms with Crippen LogP contribution in [0.1, 0.15) is 0 Å². The van der Waals surface area contributed by atoms with Crippen molar-refractivity contribution in [3.63, 3.8) is 0 Å². The number of fused-ring (bicyclic) bond motifs is 1. The highest BCUT2D eigenvalue weighted by atomic mass is 32.2. The quantitative estimate of drug-likeness (QED) is 0.800. The Morgan fingerprint density at radius 3 is 2.71 bits per heavy atom. The molecule has 7 heteroatoms. The van der Waals surface area contributed by atoms with Gasteiger partial charge in [-0.1, -0.05) is 0 Å². The summed E-state index contributed by atoms with van der Waals surface area (Å²) in [4.78, 5) is 11.9. The fourth-order valence-corrected chi connectivity index (χ4v) is 2.72. The van der Waals surface area contributed by atoms with Crippen LogP contribution in [0, 0.1) is 0 Å². The summed E-state index contributed by atoms with van der Waals surface area (Å²) in [7, 11) is -1.77. The second-order valence-corrected chi connectivity index (χ2v) is 6.61. The van der Waals surface area contributed by atoms with E-state index in [0.717, 1.165) is 5.52 Å². The number of imidazole rings is 1. The minimum Gasteiger partial charge on any atom is -0.496 e. The predicted octanol–water partition coefficient (Wildman–Crippen LogP) is 2.04. The Morgan fingerprint density at radius 2 is 2.05 bits per heavy atom. The van der Waals surface area contributed by atoms with Gasteiger partial charge in [-0.3, -0.25) is 0 Å². The van der Waals surface area contributed by atoms with Crippen LogP contribution in [0.15, 0.2) is 41.4 Å². The molecular weight excluding hydrogens is 290 g/mol. The molecule has 0 bridgehead atoms. The fraction of sp³-hybridized carbons (Fsp3) is 0.143. The molecule has 2 heterocycles. The van der Waals surface area contributed by atoms with E-state index in [0.29, 0.717) is 22.8 Å². The topological polar surface area (TPSA) is 84.9 Å². The molecular formula is C14H13N3O3S. The van der Waals surface area contributed by atoms with Crippen LogP contribution in [-0.2, 0) is 9.84 Å². The van der Waals surface area contributed by atoms with Gasteiger partial charge in [-0.2, -0.15) is 0 Å². The zero-order chi connectivity index (χ0) is 15.0. The van der Waals surface area contributed by atoms with Crippen molar-refractivity contribution in [2.24, 2.45) is 0 Å². The molecule has 1 N–H and O–H groups in total. The second kappa shape index (κ2) is 4.85. The fourth-order valence-electron chi connectivity index (χ4n) is 2.08. The number of pyridine rings is 1. The monoisotopic (exact) mass is 303 g/mol. The maximum Gasteiger partial charge on any atom is 0.178 e. The average Bonchev–Trinajstić information content (AvgIpc) is 2.89. The molecule has 0 aliphatic heterocycles. The number of sulfone groups is 1. The van der Waals surface area contributed by atoms with Gasteiger partial charge in [0.2, 0.25) is 0 Å². The van der Waals surface area contributed by atoms with Crippen LogP contribution in [0.3, 0.4) is 0 Å². The summed E-state index contributed by atoms with van der Waals surface area (Å²) in [5.41, 5.74) is 1.93. The van der Waals surface area contributed by atoms with Crippen molar-refractivity contribution < 1.29 is 13.2 Å². The number of benzene rings is 1. The summed E-state index contributed by atoms with van der Waals surface area (Å²) in [5, 5.41) is 0. The molecule has 0 aliphatic rings. The lowest BCUT2D eigenvalue weighted by Gasteiger charge is -2.08. The van der Waals surface area contributed by atoms with Crippen LogP contribution in [0.2, 0.25) is 0 Å². The van der Waals surface area contributed by atoms with Crippen molar-refractivity contribution in [1.82, 2.24) is 15.0 Å². The first-order valence-electron chi connectivity index (χ1n) is 6.18. The molecule has 6 nitrogen and oxygen atoms in total. The highest BCUT2D eigenvalue weighted by molar-refractivity contribution is 7.90. The minimum absolute atomic E-state index is 0.215. The molecule has 1 aromatic carbocycles. The van der Waals surface area contributed by atoms with Crippen LogP contribution >= 0.6 is 0 Å². The van der Waals surface area contributed by atoms with Crippen molar-refractivity contribution in [1.29, 1.82) is 0 Å². The summed E-state index contributed by atoms with van der Waals surface area (Å²) >= 11 is 0. The lowest BCUT2D eigenvalue weighted by Crippen LogP contribution is -1.99. The number of rotatable bonds is 3. The molecule has 2 aromatic heterocycles. The number of methoxy groups -OCH3 is 1. The first kappa shape index (κ1) is 13.6. The first-order valence-corrected chi connectivity index (χ1v) is 8.07. The van der Waals surface area contributed by atoms with E-state index >= 15 is 0 Å². The summed E-state index contributed by atoms with van der Waals surface area (Å²) in [6, 6.07) is 8.33. The SMILES string of the molecule is COc1ccc(S(C)(=O)=O)cc1-c1nc2ncccc2[nH]1. The molecule has 0 atom stereocenters. The van der Waals surface area contributed by atoms with Crippen LogP contribution in [0.4, 0.5) is 0 Å². The van der Waals surface area contributed by atoms with Gasteiger partial charge in [0.25, 0.3) is 0 Å². The van der Waals surface area contributed by atoms with Crippen molar-refractivity contribution in [2.75, 3.05) is 13.4 Å². The summed E-state index contributed by atoms with van der Waals surface area (Å²) in [5.74, 6) is 1.06. The lowest BCUT2D eigenvalue weighted by molar-refractivity contribution is 0.416. The Kier molecular flexibility index (Phi) is 3.13. The van der Waals surface area contributed by atoms with E-state index in [1.165, 1.54) is 19.4 Å². The van der Waals surface area contributed by atoms with Gasteiger partial charge in [-0.25, -0.2) is 18.4 Å². The number of ether oxygens (including phenoxy) is 1. The number of nitrogens with one attached hydrogen (secondary N) is 1. The van der Waals surface area contributed by atoms with Gasteiger partial charge in [0.1, 0.15) is 11.6 Å². The largest absolute Gasteiger partial charge is 0.496 e. The third kappa shape index (κ3) is 2.47. The maximum atomic E-state index is 11.7. The number of aromatic nitrogens is 3. The van der Waals surface area contributed by atoms with E-state index in [1.807, 2.05) is 6.07 Å². The van der Waals surface area contributed by atoms with Crippen molar-refractivity contribution in [3.05, 3.63) is 36.5 Å². The Bertz CT molecular complexity index is 883. The Hall–Kier alpha value is -2.41. The second-order valence-electron chi connectivity index (χ2n) is 4.59. The van der Waals surface area contributed by atoms with Crippen molar-refractivity contribution in [3.8, 4) is 17.1 Å². The van der Waals surface area contributed by atoms with Gasteiger partial charge in [0, 0.05) is 12.5 Å². The van der Waals surface area contributed by atoms with E-state index in [4.69, 9.17) is 4.74 Å². The zero-order valence-electron chi connectivity index (χ0n) is 11.5. The van der Waals surface area contributed by atoms with E-state index in [2.05, 4.69) is 15.0 Å². The normalized spacial score (nSPS) is 11.7. The van der Waals surface area contributed by atoms with E-state index in [9.17, 15) is 8.42 Å². The van der Waals surface area contributed by atoms with E-state index in [-0.39, 0.29) is 4.90 Å². The summed E-state index contributed by atoms with van der Waals surface area (Å²) in [6.07, 6.45) is 2.82. The van der Waals surface area contributed by atoms with Crippen molar-refractivity contribution >= 4 is 21.0 Å². The molecule has 0 spiro atoms. The number of H-pyrrole nitrogens is 1. The Balaban J connectivity index is 2.24. The Labute approximate surface area is 121 Å². The average molecular weight is 303 g/mol. The third-order valence-electron chi connectivity index (χ3n) is 3.11. The van der Waals surface area contributed by atoms with Crippen molar-refractivity contribution in [2.45, 2.75) is 4.90 Å². The number of aromatic amines is 1. The van der Waals surface area contributed by atoms with Crippen LogP contribution in [0.25, 0.3) is 22.6 Å². The molecule has 0 saturated heterocycles. The molecule has 0 amide bonds. The number of nitrogens with zero attached hydrogens (tertiary/aromatic N) is 2. The van der Waals surface area contributed by atoms with Gasteiger partial charge < -0.3 is 9.72 Å². The van der Waals surface area contributed by atoms with E-state index < -0.39 is 9.84 Å². The molecule has 0 saturated carbocycles. The number of hydrogen-bond acceptors (Lipinski definition) is 5. The van der Waals surface area contributed by atoms with Gasteiger partial charge in [0.15, 0.2) is 15.5 Å². The van der Waals surface area contributed by atoms with Crippen LogP contribution in [-0.4, -0.2) is 36.7 Å². The first-order chi connectivity index (χ1) is 9.99. The highest BCUT2D eigenvalue weighted by Gasteiger charge is 2.15. The van der Waals surface area contributed by atoms with Crippen LogP contribution < -0.4 is 4.74 Å².